The molecule has 0 unspecified atom stereocenters. The summed E-state index contributed by atoms with van der Waals surface area (Å²) < 4.78 is 41.1. The molecule has 1 aromatic heterocycles. The Morgan fingerprint density at radius 3 is 2.60 bits per heavy atom. The molecule has 212 valence electrons. The normalized spacial score (nSPS) is 22.7. The minimum Gasteiger partial charge on any atom is -0.389 e. The van der Waals surface area contributed by atoms with Gasteiger partial charge in [-0.25, -0.2) is 13.1 Å². The van der Waals surface area contributed by atoms with Crippen molar-refractivity contribution in [2.45, 2.75) is 25.2 Å². The summed E-state index contributed by atoms with van der Waals surface area (Å²) >= 11 is 0.961. The first-order valence-corrected chi connectivity index (χ1v) is 15.4. The van der Waals surface area contributed by atoms with Gasteiger partial charge in [-0.05, 0) is 65.6 Å². The second kappa shape index (κ2) is 11.9. The van der Waals surface area contributed by atoms with Crippen molar-refractivity contribution >= 4 is 44.1 Å². The lowest BCUT2D eigenvalue weighted by Gasteiger charge is -2.30. The zero-order chi connectivity index (χ0) is 28.4. The van der Waals surface area contributed by atoms with Crippen LogP contribution >= 0.6 is 12.0 Å². The smallest absolute Gasteiger partial charge is 0.251 e. The summed E-state index contributed by atoms with van der Waals surface area (Å²) in [5, 5.41) is 31.9. The standard InChI is InChI=1S/C28H32N4O6S2/c1-18(27(15-29)40(35,36)30-16-26-28(34)25(33)17-39-38-26)23-7-8-24(31(23)2)21-4-3-20-14-22(6-5-19(20)13-21)32-9-11-37-12-10-32/h3-8,13-14,25-26,28,30,33-34H,9-12,16-17H2,1-2H3/b27-18+/t25-,26-,28+/m1/s1. The average Bonchev–Trinajstić information content (AvgIpc) is 3.35. The largest absolute Gasteiger partial charge is 0.389 e. The van der Waals surface area contributed by atoms with Crippen LogP contribution in [0.4, 0.5) is 5.69 Å². The van der Waals surface area contributed by atoms with Gasteiger partial charge in [0.25, 0.3) is 10.0 Å². The lowest BCUT2D eigenvalue weighted by molar-refractivity contribution is -0.0418. The molecule has 12 heteroatoms. The Kier molecular flexibility index (Phi) is 8.53. The molecule has 0 saturated carbocycles. The number of allylic oxidation sites excluding steroid dienone is 2. The van der Waals surface area contributed by atoms with Crippen molar-refractivity contribution in [2.75, 3.05) is 43.5 Å². The molecule has 40 heavy (non-hydrogen) atoms. The second-order valence-electron chi connectivity index (χ2n) is 9.90. The number of morpholine rings is 1. The Bertz CT molecular complexity index is 1570. The topological polar surface area (TPSA) is 137 Å². The minimum absolute atomic E-state index is 0.190. The lowest BCUT2D eigenvalue weighted by Crippen LogP contribution is -2.48. The Labute approximate surface area is 238 Å². The van der Waals surface area contributed by atoms with Crippen LogP contribution in [0.3, 0.4) is 0 Å². The fraction of sp³-hybridized carbons (Fsp3) is 0.393. The number of ether oxygens (including phenoxy) is 1. The van der Waals surface area contributed by atoms with Crippen molar-refractivity contribution in [3.8, 4) is 17.3 Å². The summed E-state index contributed by atoms with van der Waals surface area (Å²) in [4.78, 5) is 1.89. The van der Waals surface area contributed by atoms with E-state index in [-0.39, 0.29) is 12.3 Å². The second-order valence-corrected chi connectivity index (χ2v) is 12.4. The highest BCUT2D eigenvalue weighted by Gasteiger charge is 2.34. The molecule has 10 nitrogen and oxygen atoms in total. The van der Waals surface area contributed by atoms with E-state index in [2.05, 4.69) is 40.0 Å². The number of nitriles is 1. The highest BCUT2D eigenvalue weighted by atomic mass is 32.2. The van der Waals surface area contributed by atoms with E-state index in [0.29, 0.717) is 11.3 Å². The predicted molar refractivity (Wildman–Crippen MR) is 156 cm³/mol. The molecular weight excluding hydrogens is 552 g/mol. The van der Waals surface area contributed by atoms with Gasteiger partial charge in [0.1, 0.15) is 18.3 Å². The summed E-state index contributed by atoms with van der Waals surface area (Å²) in [6.07, 6.45) is -3.20. The molecule has 3 N–H and O–H groups in total. The third-order valence-corrected chi connectivity index (χ3v) is 9.74. The van der Waals surface area contributed by atoms with Crippen molar-refractivity contribution in [1.29, 1.82) is 5.26 Å². The zero-order valence-corrected chi connectivity index (χ0v) is 23.9. The van der Waals surface area contributed by atoms with Crippen LogP contribution in [0.5, 0.6) is 0 Å². The lowest BCUT2D eigenvalue weighted by atomic mass is 10.0. The third-order valence-electron chi connectivity index (χ3n) is 7.39. The van der Waals surface area contributed by atoms with Crippen LogP contribution in [0, 0.1) is 11.3 Å². The maximum absolute atomic E-state index is 13.1. The van der Waals surface area contributed by atoms with Gasteiger partial charge in [-0.1, -0.05) is 18.2 Å². The van der Waals surface area contributed by atoms with Gasteiger partial charge in [0.15, 0.2) is 4.91 Å². The SMILES string of the molecule is C/C(=C(/C#N)S(=O)(=O)NC[C@H]1OSC[C@@H](O)[C@@H]1O)c1ccc(-c2ccc3cc(N4CCOCC4)ccc3c2)n1C. The number of aliphatic hydroxyl groups is 2. The summed E-state index contributed by atoms with van der Waals surface area (Å²) in [5.74, 6) is 0.190. The fourth-order valence-electron chi connectivity index (χ4n) is 5.07. The molecule has 0 spiro atoms. The number of rotatable bonds is 7. The van der Waals surface area contributed by atoms with Gasteiger partial charge < -0.3 is 28.6 Å². The summed E-state index contributed by atoms with van der Waals surface area (Å²) in [6, 6.07) is 18.2. The monoisotopic (exact) mass is 584 g/mol. The Balaban J connectivity index is 1.38. The van der Waals surface area contributed by atoms with Crippen LogP contribution in [0.25, 0.3) is 27.6 Å². The zero-order valence-electron chi connectivity index (χ0n) is 22.3. The molecule has 0 bridgehead atoms. The van der Waals surface area contributed by atoms with E-state index in [4.69, 9.17) is 8.92 Å². The number of hydrogen-bond acceptors (Lipinski definition) is 9. The molecule has 2 aliphatic rings. The number of nitrogens with zero attached hydrogens (tertiary/aromatic N) is 3. The van der Waals surface area contributed by atoms with E-state index in [1.54, 1.807) is 13.0 Å². The highest BCUT2D eigenvalue weighted by Crippen LogP contribution is 2.31. The van der Waals surface area contributed by atoms with Crippen molar-refractivity contribution in [3.63, 3.8) is 0 Å². The number of nitrogens with one attached hydrogen (secondary N) is 1. The first-order valence-electron chi connectivity index (χ1n) is 13.0. The van der Waals surface area contributed by atoms with E-state index < -0.39 is 33.2 Å². The van der Waals surface area contributed by atoms with E-state index in [1.807, 2.05) is 29.8 Å². The molecule has 0 radical (unpaired) electrons. The van der Waals surface area contributed by atoms with Crippen LogP contribution < -0.4 is 9.62 Å². The first kappa shape index (κ1) is 28.6. The van der Waals surface area contributed by atoms with E-state index in [9.17, 15) is 23.9 Å². The van der Waals surface area contributed by atoms with Crippen molar-refractivity contribution in [3.05, 3.63) is 59.1 Å². The van der Waals surface area contributed by atoms with Crippen molar-refractivity contribution < 1.29 is 27.6 Å². The molecule has 0 aliphatic carbocycles. The van der Waals surface area contributed by atoms with Gasteiger partial charge in [0, 0.05) is 55.1 Å². The maximum Gasteiger partial charge on any atom is 0.251 e. The number of fused-ring (bicyclic) bond motifs is 1. The maximum atomic E-state index is 13.1. The Morgan fingerprint density at radius 1 is 1.12 bits per heavy atom. The minimum atomic E-state index is -4.21. The number of hydrogen-bond donors (Lipinski definition) is 3. The van der Waals surface area contributed by atoms with Gasteiger partial charge in [0.05, 0.1) is 19.3 Å². The first-order chi connectivity index (χ1) is 19.2. The molecule has 2 aliphatic heterocycles. The molecule has 3 atom stereocenters. The fourth-order valence-corrected chi connectivity index (χ4v) is 7.00. The van der Waals surface area contributed by atoms with Crippen molar-refractivity contribution in [2.24, 2.45) is 7.05 Å². The van der Waals surface area contributed by atoms with Crippen LogP contribution in [0.15, 0.2) is 53.4 Å². The summed E-state index contributed by atoms with van der Waals surface area (Å²) in [6.45, 7) is 4.51. The molecule has 3 heterocycles. The highest BCUT2D eigenvalue weighted by molar-refractivity contribution is 7.94. The Hall–Kier alpha value is -2.89. The van der Waals surface area contributed by atoms with Gasteiger partial charge >= 0.3 is 0 Å². The van der Waals surface area contributed by atoms with Gasteiger partial charge in [0.2, 0.25) is 0 Å². The summed E-state index contributed by atoms with van der Waals surface area (Å²) in [7, 11) is -2.38. The van der Waals surface area contributed by atoms with Crippen molar-refractivity contribution in [1.82, 2.24) is 9.29 Å². The van der Waals surface area contributed by atoms with E-state index in [0.717, 1.165) is 60.4 Å². The van der Waals surface area contributed by atoms with Gasteiger partial charge in [-0.2, -0.15) is 5.26 Å². The van der Waals surface area contributed by atoms with E-state index in [1.165, 1.54) is 5.69 Å². The van der Waals surface area contributed by atoms with Gasteiger partial charge in [-0.15, -0.1) is 0 Å². The molecule has 3 aromatic rings. The number of aromatic nitrogens is 1. The van der Waals surface area contributed by atoms with Crippen LogP contribution in [-0.4, -0.2) is 80.1 Å². The number of anilines is 1. The molecule has 5 rings (SSSR count). The molecule has 2 saturated heterocycles. The predicted octanol–water partition coefficient (Wildman–Crippen LogP) is 2.62. The van der Waals surface area contributed by atoms with Crippen LogP contribution in [0.2, 0.25) is 0 Å². The number of benzene rings is 2. The number of aliphatic hydroxyl groups excluding tert-OH is 2. The van der Waals surface area contributed by atoms with Crippen LogP contribution in [0.1, 0.15) is 12.6 Å². The van der Waals surface area contributed by atoms with E-state index >= 15 is 0 Å². The third kappa shape index (κ3) is 5.77. The molecule has 2 aromatic carbocycles. The quantitative estimate of drug-likeness (QED) is 0.283. The average molecular weight is 585 g/mol. The Morgan fingerprint density at radius 2 is 1.85 bits per heavy atom. The molecule has 2 fully saturated rings. The number of sulfonamides is 1. The molecular formula is C28H32N4O6S2. The summed E-state index contributed by atoms with van der Waals surface area (Å²) in [5.41, 5.74) is 3.88. The van der Waals surface area contributed by atoms with Crippen LogP contribution in [-0.2, 0) is 26.0 Å². The van der Waals surface area contributed by atoms with Gasteiger partial charge in [-0.3, -0.25) is 0 Å². The molecule has 0 amide bonds.